The van der Waals surface area contributed by atoms with Gasteiger partial charge in [-0.25, -0.2) is 9.18 Å². The van der Waals surface area contributed by atoms with E-state index < -0.39 is 17.7 Å². The smallest absolute Gasteiger partial charge is 0.354 e. The molecule has 0 amide bonds. The van der Waals surface area contributed by atoms with E-state index >= 15 is 0 Å². The number of hydrogen-bond acceptors (Lipinski definition) is 6. The van der Waals surface area contributed by atoms with Crippen LogP contribution in [0.15, 0.2) is 58.4 Å². The second-order valence-electron chi connectivity index (χ2n) is 14.7. The number of carboxylic acids is 1. The maximum absolute atomic E-state index is 14.0. The van der Waals surface area contributed by atoms with E-state index in [1.54, 1.807) is 36.5 Å². The topological polar surface area (TPSA) is 190 Å². The fraction of sp³-hybridized carbons (Fsp3) is 0.459. The number of carboxylic acid groups (broad SMARTS) is 1. The van der Waals surface area contributed by atoms with Gasteiger partial charge in [-0.1, -0.05) is 71.3 Å². The molecule has 0 aliphatic rings. The van der Waals surface area contributed by atoms with Crippen molar-refractivity contribution in [3.63, 3.8) is 0 Å². The highest BCUT2D eigenvalue weighted by atomic mass is 35.5. The number of guanidine groups is 1. The number of nitrogens with one attached hydrogen (secondary N) is 2. The summed E-state index contributed by atoms with van der Waals surface area (Å²) in [7, 11) is 0. The molecular formula is C37H52ClFN8O3. The number of H-pyrrole nitrogens is 1. The molecule has 2 atom stereocenters. The molecule has 0 aliphatic heterocycles. The summed E-state index contributed by atoms with van der Waals surface area (Å²) >= 11 is 5.97. The molecule has 0 bridgehead atoms. The third-order valence-electron chi connectivity index (χ3n) is 8.07. The first kappa shape index (κ1) is 40.2. The average molecular weight is 711 g/mol. The molecule has 50 heavy (non-hydrogen) atoms. The van der Waals surface area contributed by atoms with Crippen molar-refractivity contribution in [1.82, 2.24) is 19.9 Å². The zero-order valence-electron chi connectivity index (χ0n) is 30.1. The normalized spacial score (nSPS) is 13.0. The first-order valence-corrected chi connectivity index (χ1v) is 17.1. The Balaban J connectivity index is 0.000000319. The average Bonchev–Trinajstić information content (AvgIpc) is 3.43. The van der Waals surface area contributed by atoms with Gasteiger partial charge in [0.2, 0.25) is 0 Å². The molecule has 0 saturated carbocycles. The first-order valence-electron chi connectivity index (χ1n) is 16.8. The van der Waals surface area contributed by atoms with Gasteiger partial charge in [0.05, 0.1) is 10.7 Å². The fourth-order valence-corrected chi connectivity index (χ4v) is 5.50. The summed E-state index contributed by atoms with van der Waals surface area (Å²) in [5.41, 5.74) is 20.0. The van der Waals surface area contributed by atoms with Crippen LogP contribution in [0.3, 0.4) is 0 Å². The third kappa shape index (κ3) is 11.4. The number of fused-ring (bicyclic) bond motifs is 1. The molecule has 0 radical (unpaired) electrons. The number of rotatable bonds is 12. The summed E-state index contributed by atoms with van der Waals surface area (Å²) in [4.78, 5) is 35.5. The standard InChI is InChI=1S/C22H29N7O3.C15H23ClFN/c1-22(2,3)16-11-14-12-29(21(32)28-18(14)27-16)15-7-5-13(6-8-15)17(19(30)31)25-9-4-10-26-20(23)24;1-10(18)6-5-7-11-8-12(15(2,3)4)14(17)13(16)9-11/h5-8,11-12,17,25H,4,9-10H2,1-3H3,(H,30,31)(H4,23,24,26)(H,27,28,32);8-10H,5-7,18H2,1-4H3/t17-;10-/m10/s1. The molecule has 4 aromatic rings. The van der Waals surface area contributed by atoms with Crippen LogP contribution in [-0.4, -0.2) is 50.7 Å². The summed E-state index contributed by atoms with van der Waals surface area (Å²) in [6, 6.07) is 11.8. The van der Waals surface area contributed by atoms with Crippen LogP contribution in [0.1, 0.15) is 96.2 Å². The molecule has 11 nitrogen and oxygen atoms in total. The monoisotopic (exact) mass is 710 g/mol. The Morgan fingerprint density at radius 2 is 1.74 bits per heavy atom. The van der Waals surface area contributed by atoms with E-state index in [1.807, 2.05) is 39.8 Å². The van der Waals surface area contributed by atoms with Crippen molar-refractivity contribution in [2.75, 3.05) is 13.1 Å². The lowest BCUT2D eigenvalue weighted by Crippen LogP contribution is -2.30. The summed E-state index contributed by atoms with van der Waals surface area (Å²) in [6.07, 6.45) is 5.20. The van der Waals surface area contributed by atoms with Gasteiger partial charge < -0.3 is 32.6 Å². The van der Waals surface area contributed by atoms with Crippen molar-refractivity contribution in [3.05, 3.63) is 92.4 Å². The molecule has 0 spiro atoms. The zero-order valence-corrected chi connectivity index (χ0v) is 30.9. The van der Waals surface area contributed by atoms with Gasteiger partial charge in [0.15, 0.2) is 5.96 Å². The minimum absolute atomic E-state index is 0.00700. The van der Waals surface area contributed by atoms with Crippen molar-refractivity contribution in [3.8, 4) is 5.69 Å². The Labute approximate surface area is 298 Å². The lowest BCUT2D eigenvalue weighted by atomic mass is 9.85. The molecule has 13 heteroatoms. The van der Waals surface area contributed by atoms with Gasteiger partial charge >= 0.3 is 11.7 Å². The Kier molecular flexibility index (Phi) is 13.7. The fourth-order valence-electron chi connectivity index (χ4n) is 5.26. The summed E-state index contributed by atoms with van der Waals surface area (Å²) in [5.74, 6) is -1.28. The molecule has 4 rings (SSSR count). The Morgan fingerprint density at radius 1 is 1.08 bits per heavy atom. The van der Waals surface area contributed by atoms with Gasteiger partial charge in [-0.05, 0) is 85.5 Å². The van der Waals surface area contributed by atoms with E-state index in [1.165, 1.54) is 4.57 Å². The van der Waals surface area contributed by atoms with Crippen LogP contribution in [0.25, 0.3) is 16.7 Å². The van der Waals surface area contributed by atoms with Crippen LogP contribution in [0.2, 0.25) is 5.02 Å². The van der Waals surface area contributed by atoms with Crippen molar-refractivity contribution in [1.29, 1.82) is 0 Å². The number of aliphatic carboxylic acids is 1. The van der Waals surface area contributed by atoms with Crippen LogP contribution in [0.5, 0.6) is 0 Å². The third-order valence-corrected chi connectivity index (χ3v) is 8.34. The molecule has 0 aliphatic carbocycles. The highest BCUT2D eigenvalue weighted by Gasteiger charge is 2.22. The predicted molar refractivity (Wildman–Crippen MR) is 201 cm³/mol. The van der Waals surface area contributed by atoms with Crippen LogP contribution in [0, 0.1) is 5.82 Å². The molecule has 9 N–H and O–H groups in total. The SMILES string of the molecule is CC(C)(C)c1cc2cn(-c3ccc([C@@H](NCCCN=C(N)N)C(=O)O)cc3)c(=O)nc2[nH]1.C[C@H](N)CCCc1cc(Cl)c(F)c(C(C)(C)C)c1. The summed E-state index contributed by atoms with van der Waals surface area (Å²) < 4.78 is 15.4. The van der Waals surface area contributed by atoms with Gasteiger partial charge in [0.1, 0.15) is 17.5 Å². The van der Waals surface area contributed by atoms with Crippen molar-refractivity contribution >= 4 is 34.6 Å². The summed E-state index contributed by atoms with van der Waals surface area (Å²) in [5, 5.41) is 13.6. The molecule has 2 aromatic carbocycles. The first-order chi connectivity index (χ1) is 23.3. The maximum atomic E-state index is 14.0. The zero-order chi connectivity index (χ0) is 37.4. The molecule has 0 fully saturated rings. The number of carbonyl (C=O) groups is 1. The molecule has 2 heterocycles. The number of aromatic nitrogens is 3. The number of hydrogen-bond donors (Lipinski definition) is 6. The van der Waals surface area contributed by atoms with E-state index in [9.17, 15) is 19.1 Å². The van der Waals surface area contributed by atoms with E-state index in [0.717, 1.165) is 35.9 Å². The minimum Gasteiger partial charge on any atom is -0.480 e. The predicted octanol–water partition coefficient (Wildman–Crippen LogP) is 5.84. The van der Waals surface area contributed by atoms with Crippen LogP contribution >= 0.6 is 11.6 Å². The molecule has 2 aromatic heterocycles. The van der Waals surface area contributed by atoms with Gasteiger partial charge in [-0.15, -0.1) is 0 Å². The van der Waals surface area contributed by atoms with Crippen LogP contribution in [0.4, 0.5) is 4.39 Å². The Morgan fingerprint density at radius 3 is 2.30 bits per heavy atom. The maximum Gasteiger partial charge on any atom is 0.354 e. The Hall–Kier alpha value is -4.26. The minimum atomic E-state index is -0.998. The van der Waals surface area contributed by atoms with E-state index in [2.05, 4.69) is 41.0 Å². The molecular weight excluding hydrogens is 659 g/mol. The number of halogens is 2. The van der Waals surface area contributed by atoms with Gasteiger partial charge in [0.25, 0.3) is 0 Å². The lowest BCUT2D eigenvalue weighted by molar-refractivity contribution is -0.139. The summed E-state index contributed by atoms with van der Waals surface area (Å²) in [6.45, 7) is 15.1. The van der Waals surface area contributed by atoms with Crippen LogP contribution < -0.4 is 28.2 Å². The Bertz CT molecular complexity index is 1830. The highest BCUT2D eigenvalue weighted by molar-refractivity contribution is 6.30. The van der Waals surface area contributed by atoms with E-state index in [-0.39, 0.29) is 33.7 Å². The highest BCUT2D eigenvalue weighted by Crippen LogP contribution is 2.31. The lowest BCUT2D eigenvalue weighted by Gasteiger charge is -2.21. The van der Waals surface area contributed by atoms with Crippen LogP contribution in [-0.2, 0) is 22.0 Å². The number of aliphatic imine (C=N–C) groups is 1. The molecule has 0 saturated heterocycles. The second kappa shape index (κ2) is 17.1. The number of aromatic amines is 1. The number of aryl methyl sites for hydroxylation is 1. The number of nitrogens with zero attached hydrogens (tertiary/aromatic N) is 3. The second-order valence-corrected chi connectivity index (χ2v) is 15.1. The van der Waals surface area contributed by atoms with Crippen molar-refractivity contribution in [2.45, 2.75) is 97.1 Å². The van der Waals surface area contributed by atoms with Gasteiger partial charge in [-0.2, -0.15) is 4.98 Å². The number of benzene rings is 2. The van der Waals surface area contributed by atoms with Gasteiger partial charge in [-0.3, -0.25) is 14.4 Å². The van der Waals surface area contributed by atoms with E-state index in [4.69, 9.17) is 28.8 Å². The van der Waals surface area contributed by atoms with E-state index in [0.29, 0.717) is 42.0 Å². The quantitative estimate of drug-likeness (QED) is 0.0601. The van der Waals surface area contributed by atoms with Crippen molar-refractivity contribution < 1.29 is 14.3 Å². The largest absolute Gasteiger partial charge is 0.480 e. The van der Waals surface area contributed by atoms with Gasteiger partial charge in [0, 0.05) is 35.3 Å². The number of nitrogens with two attached hydrogens (primary N) is 3. The van der Waals surface area contributed by atoms with Crippen molar-refractivity contribution in [2.24, 2.45) is 22.2 Å². The molecule has 0 unspecified atom stereocenters. The molecule has 272 valence electrons.